The van der Waals surface area contributed by atoms with E-state index in [1.165, 1.54) is 13.2 Å². The van der Waals surface area contributed by atoms with Crippen LogP contribution in [-0.2, 0) is 17.3 Å². The molecule has 2 rings (SSSR count). The van der Waals surface area contributed by atoms with E-state index in [4.69, 9.17) is 4.74 Å². The summed E-state index contributed by atoms with van der Waals surface area (Å²) in [6, 6.07) is 12.3. The summed E-state index contributed by atoms with van der Waals surface area (Å²) in [5.41, 5.74) is 1.67. The summed E-state index contributed by atoms with van der Waals surface area (Å²) in [7, 11) is 0.549. The Morgan fingerprint density at radius 1 is 1.23 bits per heavy atom. The van der Waals surface area contributed by atoms with Gasteiger partial charge in [-0.25, -0.2) is 4.39 Å². The van der Waals surface area contributed by atoms with E-state index in [0.29, 0.717) is 17.9 Å². The van der Waals surface area contributed by atoms with E-state index in [1.807, 2.05) is 31.2 Å². The van der Waals surface area contributed by atoms with E-state index in [2.05, 4.69) is 5.32 Å². The standard InChI is InChI=1S/C17H20FNO2S/c1-12(16-9-6-14(21-2)10-17(16)18)19-11-13-4-7-15(8-5-13)22(3)20/h4-10,12,19H,11H2,1-3H3. The van der Waals surface area contributed by atoms with Crippen LogP contribution in [0.15, 0.2) is 47.4 Å². The van der Waals surface area contributed by atoms with Crippen LogP contribution >= 0.6 is 0 Å². The van der Waals surface area contributed by atoms with Gasteiger partial charge in [-0.05, 0) is 30.7 Å². The third-order valence-corrected chi connectivity index (χ3v) is 4.48. The van der Waals surface area contributed by atoms with Crippen molar-refractivity contribution in [2.24, 2.45) is 0 Å². The molecule has 0 aliphatic rings. The van der Waals surface area contributed by atoms with Gasteiger partial charge in [0, 0.05) is 46.2 Å². The molecule has 0 aliphatic carbocycles. The fraction of sp³-hybridized carbons (Fsp3) is 0.294. The zero-order valence-electron chi connectivity index (χ0n) is 12.9. The van der Waals surface area contributed by atoms with E-state index in [9.17, 15) is 8.60 Å². The van der Waals surface area contributed by atoms with E-state index in [1.54, 1.807) is 18.4 Å². The number of benzene rings is 2. The third-order valence-electron chi connectivity index (χ3n) is 3.54. The van der Waals surface area contributed by atoms with Crippen molar-refractivity contribution in [3.8, 4) is 5.75 Å². The normalized spacial score (nSPS) is 13.6. The lowest BCUT2D eigenvalue weighted by Gasteiger charge is -2.16. The molecule has 0 aliphatic heterocycles. The minimum atomic E-state index is -0.968. The van der Waals surface area contributed by atoms with Crippen LogP contribution in [-0.4, -0.2) is 17.6 Å². The number of hydrogen-bond acceptors (Lipinski definition) is 3. The lowest BCUT2D eigenvalue weighted by atomic mass is 10.1. The molecular formula is C17H20FNO2S. The summed E-state index contributed by atoms with van der Waals surface area (Å²) < 4.78 is 30.3. The van der Waals surface area contributed by atoms with Crippen LogP contribution in [0.2, 0.25) is 0 Å². The molecule has 0 heterocycles. The van der Waals surface area contributed by atoms with Gasteiger partial charge in [0.15, 0.2) is 0 Å². The van der Waals surface area contributed by atoms with Crippen LogP contribution in [0.5, 0.6) is 5.75 Å². The average Bonchev–Trinajstić information content (AvgIpc) is 2.52. The molecule has 118 valence electrons. The molecule has 2 aromatic rings. The van der Waals surface area contributed by atoms with Crippen molar-refractivity contribution in [3.05, 3.63) is 59.4 Å². The van der Waals surface area contributed by atoms with Crippen LogP contribution in [0.3, 0.4) is 0 Å². The van der Waals surface area contributed by atoms with Gasteiger partial charge in [0.25, 0.3) is 0 Å². The molecule has 0 bridgehead atoms. The van der Waals surface area contributed by atoms with E-state index >= 15 is 0 Å². The SMILES string of the molecule is COc1ccc(C(C)NCc2ccc(S(C)=O)cc2)c(F)c1. The van der Waals surface area contributed by atoms with Gasteiger partial charge in [-0.15, -0.1) is 0 Å². The van der Waals surface area contributed by atoms with Gasteiger partial charge in [0.2, 0.25) is 0 Å². The number of ether oxygens (including phenoxy) is 1. The maximum atomic E-state index is 14.0. The third kappa shape index (κ3) is 4.15. The Kier molecular flexibility index (Phi) is 5.69. The zero-order chi connectivity index (χ0) is 16.1. The predicted molar refractivity (Wildman–Crippen MR) is 87.0 cm³/mol. The monoisotopic (exact) mass is 321 g/mol. The fourth-order valence-electron chi connectivity index (χ4n) is 2.17. The zero-order valence-corrected chi connectivity index (χ0v) is 13.7. The topological polar surface area (TPSA) is 38.3 Å². The summed E-state index contributed by atoms with van der Waals surface area (Å²) in [6.45, 7) is 2.53. The smallest absolute Gasteiger partial charge is 0.131 e. The Morgan fingerprint density at radius 2 is 1.91 bits per heavy atom. The summed E-state index contributed by atoms with van der Waals surface area (Å²) >= 11 is 0. The van der Waals surface area contributed by atoms with Gasteiger partial charge in [-0.2, -0.15) is 0 Å². The van der Waals surface area contributed by atoms with E-state index in [0.717, 1.165) is 10.5 Å². The van der Waals surface area contributed by atoms with Gasteiger partial charge in [0.1, 0.15) is 11.6 Å². The Morgan fingerprint density at radius 3 is 2.45 bits per heavy atom. The maximum Gasteiger partial charge on any atom is 0.131 e. The number of methoxy groups -OCH3 is 1. The first-order chi connectivity index (χ1) is 10.5. The van der Waals surface area contributed by atoms with Crippen LogP contribution in [0, 0.1) is 5.82 Å². The predicted octanol–water partition coefficient (Wildman–Crippen LogP) is 3.42. The first kappa shape index (κ1) is 16.6. The highest BCUT2D eigenvalue weighted by atomic mass is 32.2. The fourth-order valence-corrected chi connectivity index (χ4v) is 2.69. The molecule has 0 aromatic heterocycles. The van der Waals surface area contributed by atoms with Crippen molar-refractivity contribution in [2.75, 3.05) is 13.4 Å². The minimum absolute atomic E-state index is 0.120. The van der Waals surface area contributed by atoms with Gasteiger partial charge in [-0.3, -0.25) is 4.21 Å². The number of rotatable bonds is 6. The van der Waals surface area contributed by atoms with Crippen molar-refractivity contribution >= 4 is 10.8 Å². The minimum Gasteiger partial charge on any atom is -0.497 e. The van der Waals surface area contributed by atoms with Gasteiger partial charge in [-0.1, -0.05) is 18.2 Å². The number of nitrogens with one attached hydrogen (secondary N) is 1. The molecule has 22 heavy (non-hydrogen) atoms. The molecule has 1 N–H and O–H groups in total. The molecule has 0 spiro atoms. The van der Waals surface area contributed by atoms with Crippen LogP contribution in [0.4, 0.5) is 4.39 Å². The molecular weight excluding hydrogens is 301 g/mol. The molecule has 5 heteroatoms. The Bertz CT molecular complexity index is 658. The number of halogens is 1. The summed E-state index contributed by atoms with van der Waals surface area (Å²) in [5, 5.41) is 3.29. The summed E-state index contributed by atoms with van der Waals surface area (Å²) in [5.74, 6) is 0.229. The van der Waals surface area contributed by atoms with Crippen molar-refractivity contribution in [3.63, 3.8) is 0 Å². The molecule has 0 saturated carbocycles. The molecule has 2 aromatic carbocycles. The molecule has 0 radical (unpaired) electrons. The lowest BCUT2D eigenvalue weighted by Crippen LogP contribution is -2.19. The molecule has 0 saturated heterocycles. The summed E-state index contributed by atoms with van der Waals surface area (Å²) in [6.07, 6.45) is 1.65. The van der Waals surface area contributed by atoms with Crippen LogP contribution < -0.4 is 10.1 Å². The van der Waals surface area contributed by atoms with Gasteiger partial charge >= 0.3 is 0 Å². The van der Waals surface area contributed by atoms with Crippen molar-refractivity contribution in [2.45, 2.75) is 24.4 Å². The molecule has 0 fully saturated rings. The quantitative estimate of drug-likeness (QED) is 0.886. The Hall–Kier alpha value is -1.72. The average molecular weight is 321 g/mol. The Balaban J connectivity index is 2.00. The molecule has 2 atom stereocenters. The van der Waals surface area contributed by atoms with E-state index in [-0.39, 0.29) is 11.9 Å². The van der Waals surface area contributed by atoms with Gasteiger partial charge < -0.3 is 10.1 Å². The maximum absolute atomic E-state index is 14.0. The highest BCUT2D eigenvalue weighted by Gasteiger charge is 2.11. The molecule has 3 nitrogen and oxygen atoms in total. The number of hydrogen-bond donors (Lipinski definition) is 1. The first-order valence-corrected chi connectivity index (χ1v) is 8.56. The van der Waals surface area contributed by atoms with Crippen molar-refractivity contribution in [1.82, 2.24) is 5.32 Å². The highest BCUT2D eigenvalue weighted by molar-refractivity contribution is 7.84. The second-order valence-corrected chi connectivity index (χ2v) is 6.47. The second-order valence-electron chi connectivity index (χ2n) is 5.09. The van der Waals surface area contributed by atoms with E-state index < -0.39 is 10.8 Å². The summed E-state index contributed by atoms with van der Waals surface area (Å²) in [4.78, 5) is 0.804. The highest BCUT2D eigenvalue weighted by Crippen LogP contribution is 2.22. The lowest BCUT2D eigenvalue weighted by molar-refractivity contribution is 0.409. The van der Waals surface area contributed by atoms with Crippen molar-refractivity contribution < 1.29 is 13.3 Å². The first-order valence-electron chi connectivity index (χ1n) is 7.00. The second kappa shape index (κ2) is 7.51. The Labute approximate surface area is 133 Å². The molecule has 0 amide bonds. The van der Waals surface area contributed by atoms with Crippen molar-refractivity contribution in [1.29, 1.82) is 0 Å². The molecule has 2 unspecified atom stereocenters. The largest absolute Gasteiger partial charge is 0.497 e. The van der Waals surface area contributed by atoms with Crippen LogP contribution in [0.1, 0.15) is 24.1 Å². The van der Waals surface area contributed by atoms with Gasteiger partial charge in [0.05, 0.1) is 7.11 Å². The van der Waals surface area contributed by atoms with Crippen LogP contribution in [0.25, 0.3) is 0 Å².